The number of hydrogen-bond donors (Lipinski definition) is 1. The predicted molar refractivity (Wildman–Crippen MR) is 102 cm³/mol. The van der Waals surface area contributed by atoms with Gasteiger partial charge >= 0.3 is 0 Å². The molecule has 2 heterocycles. The molecular weight excluding hydrogens is 348 g/mol. The third kappa shape index (κ3) is 3.43. The van der Waals surface area contributed by atoms with Crippen LogP contribution in [0.15, 0.2) is 60.9 Å². The topological polar surface area (TPSA) is 69.0 Å². The number of anilines is 1. The van der Waals surface area contributed by atoms with Crippen molar-refractivity contribution >= 4 is 32.6 Å². The van der Waals surface area contributed by atoms with Gasteiger partial charge in [0, 0.05) is 18.0 Å². The Labute approximate surface area is 154 Å². The second-order valence-corrected chi connectivity index (χ2v) is 6.74. The highest BCUT2D eigenvalue weighted by atomic mass is 32.1. The molecule has 7 heteroatoms. The molecule has 0 spiro atoms. The molecule has 6 nitrogen and oxygen atoms in total. The van der Waals surface area contributed by atoms with E-state index in [4.69, 9.17) is 4.74 Å². The summed E-state index contributed by atoms with van der Waals surface area (Å²) in [7, 11) is 1.63. The number of hydrogen-bond acceptors (Lipinski definition) is 5. The van der Waals surface area contributed by atoms with E-state index in [1.54, 1.807) is 13.3 Å². The Morgan fingerprint density at radius 2 is 2.08 bits per heavy atom. The number of fused-ring (bicyclic) bond motifs is 1. The van der Waals surface area contributed by atoms with Crippen LogP contribution in [-0.2, 0) is 6.54 Å². The van der Waals surface area contributed by atoms with Crippen LogP contribution in [0.4, 0.5) is 5.13 Å². The molecule has 2 aromatic heterocycles. The maximum atomic E-state index is 12.5. The number of carbonyl (C=O) groups excluding carboxylic acids is 1. The lowest BCUT2D eigenvalue weighted by molar-refractivity contribution is 0.102. The van der Waals surface area contributed by atoms with Gasteiger partial charge in [-0.15, -0.1) is 0 Å². The number of aromatic nitrogens is 3. The summed E-state index contributed by atoms with van der Waals surface area (Å²) in [5.41, 5.74) is 2.50. The second kappa shape index (κ2) is 6.97. The molecule has 130 valence electrons. The molecule has 2 aromatic carbocycles. The van der Waals surface area contributed by atoms with Crippen molar-refractivity contribution in [1.29, 1.82) is 0 Å². The van der Waals surface area contributed by atoms with Gasteiger partial charge in [0.1, 0.15) is 5.75 Å². The molecule has 4 aromatic rings. The van der Waals surface area contributed by atoms with Crippen LogP contribution in [-0.4, -0.2) is 27.8 Å². The van der Waals surface area contributed by atoms with Gasteiger partial charge in [-0.25, -0.2) is 4.98 Å². The van der Waals surface area contributed by atoms with Crippen LogP contribution in [0.25, 0.3) is 10.2 Å². The van der Waals surface area contributed by atoms with E-state index in [2.05, 4.69) is 15.4 Å². The summed E-state index contributed by atoms with van der Waals surface area (Å²) >= 11 is 1.42. The number of nitrogens with one attached hydrogen (secondary N) is 1. The first-order chi connectivity index (χ1) is 12.7. The van der Waals surface area contributed by atoms with Crippen molar-refractivity contribution in [3.05, 3.63) is 72.1 Å². The quantitative estimate of drug-likeness (QED) is 0.585. The zero-order valence-electron chi connectivity index (χ0n) is 14.0. The van der Waals surface area contributed by atoms with Crippen LogP contribution < -0.4 is 10.1 Å². The van der Waals surface area contributed by atoms with Crippen molar-refractivity contribution in [2.75, 3.05) is 12.4 Å². The minimum Gasteiger partial charge on any atom is -0.497 e. The first-order valence-corrected chi connectivity index (χ1v) is 8.85. The first-order valence-electron chi connectivity index (χ1n) is 8.03. The Hall–Kier alpha value is -3.19. The standard InChI is InChI=1S/C19H16N4O2S/c1-25-15-7-8-16-17(11-15)26-19(21-16)22-18(24)14-5-3-13(4-6-14)12-23-10-2-9-20-23/h2-11H,12H2,1H3,(H,21,22,24). The summed E-state index contributed by atoms with van der Waals surface area (Å²) in [6.07, 6.45) is 3.65. The summed E-state index contributed by atoms with van der Waals surface area (Å²) in [5, 5.41) is 7.61. The van der Waals surface area contributed by atoms with E-state index in [1.165, 1.54) is 11.3 Å². The molecule has 4 rings (SSSR count). The second-order valence-electron chi connectivity index (χ2n) is 5.71. The Balaban J connectivity index is 1.47. The molecule has 0 bridgehead atoms. The summed E-state index contributed by atoms with van der Waals surface area (Å²) in [5.74, 6) is 0.591. The summed E-state index contributed by atoms with van der Waals surface area (Å²) < 4.78 is 8.02. The molecule has 0 aliphatic carbocycles. The lowest BCUT2D eigenvalue weighted by Gasteiger charge is -2.04. The van der Waals surface area contributed by atoms with Crippen molar-refractivity contribution in [3.63, 3.8) is 0 Å². The molecule has 0 unspecified atom stereocenters. The monoisotopic (exact) mass is 364 g/mol. The first kappa shape index (κ1) is 16.3. The highest BCUT2D eigenvalue weighted by molar-refractivity contribution is 7.22. The number of rotatable bonds is 5. The number of methoxy groups -OCH3 is 1. The highest BCUT2D eigenvalue weighted by Gasteiger charge is 2.10. The number of nitrogens with zero attached hydrogens (tertiary/aromatic N) is 3. The van der Waals surface area contributed by atoms with Crippen molar-refractivity contribution in [3.8, 4) is 5.75 Å². The molecule has 0 saturated heterocycles. The van der Waals surface area contributed by atoms with Gasteiger partial charge in [0.15, 0.2) is 5.13 Å². The Kier molecular flexibility index (Phi) is 4.37. The van der Waals surface area contributed by atoms with Gasteiger partial charge in [-0.2, -0.15) is 5.10 Å². The third-order valence-corrected chi connectivity index (χ3v) is 4.87. The Bertz CT molecular complexity index is 1040. The summed E-state index contributed by atoms with van der Waals surface area (Å²) in [6.45, 7) is 0.675. The van der Waals surface area contributed by atoms with Crippen LogP contribution in [0.1, 0.15) is 15.9 Å². The maximum Gasteiger partial charge on any atom is 0.257 e. The van der Waals surface area contributed by atoms with Gasteiger partial charge < -0.3 is 4.74 Å². The zero-order chi connectivity index (χ0) is 17.9. The Morgan fingerprint density at radius 1 is 1.23 bits per heavy atom. The molecule has 26 heavy (non-hydrogen) atoms. The molecule has 0 aliphatic rings. The largest absolute Gasteiger partial charge is 0.497 e. The van der Waals surface area contributed by atoms with Crippen molar-refractivity contribution in [1.82, 2.24) is 14.8 Å². The minimum absolute atomic E-state index is 0.179. The fraction of sp³-hybridized carbons (Fsp3) is 0.105. The van der Waals surface area contributed by atoms with E-state index in [0.29, 0.717) is 17.2 Å². The van der Waals surface area contributed by atoms with Crippen LogP contribution in [0.5, 0.6) is 5.75 Å². The van der Waals surface area contributed by atoms with E-state index in [1.807, 2.05) is 59.4 Å². The van der Waals surface area contributed by atoms with E-state index >= 15 is 0 Å². The zero-order valence-corrected chi connectivity index (χ0v) is 14.9. The molecule has 1 amide bonds. The molecule has 0 fully saturated rings. The average Bonchev–Trinajstić information content (AvgIpc) is 3.30. The van der Waals surface area contributed by atoms with Crippen molar-refractivity contribution in [2.45, 2.75) is 6.54 Å². The average molecular weight is 364 g/mol. The van der Waals surface area contributed by atoms with E-state index < -0.39 is 0 Å². The number of ether oxygens (including phenoxy) is 1. The Morgan fingerprint density at radius 3 is 2.81 bits per heavy atom. The minimum atomic E-state index is -0.179. The van der Waals surface area contributed by atoms with Crippen LogP contribution >= 0.6 is 11.3 Å². The van der Waals surface area contributed by atoms with Crippen molar-refractivity contribution < 1.29 is 9.53 Å². The van der Waals surface area contributed by atoms with E-state index in [9.17, 15) is 4.79 Å². The molecule has 0 atom stereocenters. The molecule has 0 saturated carbocycles. The van der Waals surface area contributed by atoms with Gasteiger partial charge in [-0.1, -0.05) is 23.5 Å². The SMILES string of the molecule is COc1ccc2nc(NC(=O)c3ccc(Cn4cccn4)cc3)sc2c1. The van der Waals surface area contributed by atoms with Crippen LogP contribution in [0, 0.1) is 0 Å². The van der Waals surface area contributed by atoms with Gasteiger partial charge in [-0.3, -0.25) is 14.8 Å². The summed E-state index contributed by atoms with van der Waals surface area (Å²) in [4.78, 5) is 16.9. The smallest absolute Gasteiger partial charge is 0.257 e. The number of thiazole rings is 1. The van der Waals surface area contributed by atoms with Gasteiger partial charge in [-0.05, 0) is 42.0 Å². The van der Waals surface area contributed by atoms with Gasteiger partial charge in [0.2, 0.25) is 0 Å². The normalized spacial score (nSPS) is 10.8. The summed E-state index contributed by atoms with van der Waals surface area (Å²) in [6, 6.07) is 15.0. The molecular formula is C19H16N4O2S. The molecule has 1 N–H and O–H groups in total. The number of carbonyl (C=O) groups is 1. The van der Waals surface area contributed by atoms with Gasteiger partial charge in [0.25, 0.3) is 5.91 Å². The fourth-order valence-electron chi connectivity index (χ4n) is 2.60. The number of amides is 1. The van der Waals surface area contributed by atoms with Crippen LogP contribution in [0.2, 0.25) is 0 Å². The van der Waals surface area contributed by atoms with E-state index in [0.717, 1.165) is 21.5 Å². The maximum absolute atomic E-state index is 12.5. The number of benzene rings is 2. The van der Waals surface area contributed by atoms with E-state index in [-0.39, 0.29) is 5.91 Å². The van der Waals surface area contributed by atoms with Gasteiger partial charge in [0.05, 0.1) is 23.9 Å². The molecule has 0 aliphatic heterocycles. The predicted octanol–water partition coefficient (Wildman–Crippen LogP) is 3.80. The highest BCUT2D eigenvalue weighted by Crippen LogP contribution is 2.29. The van der Waals surface area contributed by atoms with Crippen molar-refractivity contribution in [2.24, 2.45) is 0 Å². The lowest BCUT2D eigenvalue weighted by Crippen LogP contribution is -2.11. The molecule has 0 radical (unpaired) electrons. The lowest BCUT2D eigenvalue weighted by atomic mass is 10.1. The fourth-order valence-corrected chi connectivity index (χ4v) is 3.49. The van der Waals surface area contributed by atoms with Crippen LogP contribution in [0.3, 0.4) is 0 Å². The third-order valence-electron chi connectivity index (χ3n) is 3.94.